The zero-order chi connectivity index (χ0) is 21.4. The standard InChI is InChI=1S/C20H26O9/c1-12(21)26-11-18-15(28-13(2)22)6-7-19(29-18)27-10-14-8-16(23-3)20(25-5)17(9-14)24-4/h6-9,15,18-19H,10-11H2,1-5H3/t15-,18+,19-/m0/s1. The second kappa shape index (κ2) is 10.7. The first kappa shape index (κ1) is 22.5. The number of methoxy groups -OCH3 is 3. The molecular weight excluding hydrogens is 384 g/mol. The van der Waals surface area contributed by atoms with Gasteiger partial charge in [-0.05, 0) is 29.8 Å². The van der Waals surface area contributed by atoms with Gasteiger partial charge >= 0.3 is 11.9 Å². The van der Waals surface area contributed by atoms with Crippen LogP contribution in [0.3, 0.4) is 0 Å². The molecular formula is C20H26O9. The number of benzene rings is 1. The third-order valence-electron chi connectivity index (χ3n) is 4.02. The molecule has 29 heavy (non-hydrogen) atoms. The van der Waals surface area contributed by atoms with Gasteiger partial charge in [-0.3, -0.25) is 9.59 Å². The molecule has 3 atom stereocenters. The average molecular weight is 410 g/mol. The first-order chi connectivity index (χ1) is 13.9. The molecule has 2 rings (SSSR count). The highest BCUT2D eigenvalue weighted by molar-refractivity contribution is 5.67. The summed E-state index contributed by atoms with van der Waals surface area (Å²) in [4.78, 5) is 22.4. The molecule has 0 bridgehead atoms. The fourth-order valence-corrected chi connectivity index (χ4v) is 2.75. The number of esters is 2. The first-order valence-electron chi connectivity index (χ1n) is 8.92. The van der Waals surface area contributed by atoms with Gasteiger partial charge in [0.2, 0.25) is 5.75 Å². The predicted molar refractivity (Wildman–Crippen MR) is 101 cm³/mol. The Morgan fingerprint density at radius 3 is 2.14 bits per heavy atom. The van der Waals surface area contributed by atoms with Crippen LogP contribution in [0.2, 0.25) is 0 Å². The van der Waals surface area contributed by atoms with Gasteiger partial charge in [-0.1, -0.05) is 0 Å². The van der Waals surface area contributed by atoms with E-state index in [0.717, 1.165) is 5.56 Å². The lowest BCUT2D eigenvalue weighted by Gasteiger charge is -2.31. The Bertz CT molecular complexity index is 718. The van der Waals surface area contributed by atoms with E-state index in [1.807, 2.05) is 0 Å². The van der Waals surface area contributed by atoms with E-state index < -0.39 is 30.4 Å². The van der Waals surface area contributed by atoms with E-state index >= 15 is 0 Å². The van der Waals surface area contributed by atoms with Crippen molar-refractivity contribution in [1.29, 1.82) is 0 Å². The molecule has 0 saturated heterocycles. The van der Waals surface area contributed by atoms with Crippen LogP contribution in [-0.2, 0) is 35.1 Å². The lowest BCUT2D eigenvalue weighted by atomic mass is 10.1. The molecule has 0 unspecified atom stereocenters. The van der Waals surface area contributed by atoms with Crippen LogP contribution in [0.1, 0.15) is 19.4 Å². The summed E-state index contributed by atoms with van der Waals surface area (Å²) in [6.07, 6.45) is 1.21. The van der Waals surface area contributed by atoms with E-state index in [-0.39, 0.29) is 13.2 Å². The van der Waals surface area contributed by atoms with Gasteiger partial charge in [0.15, 0.2) is 17.8 Å². The van der Waals surface area contributed by atoms with Crippen LogP contribution in [0.4, 0.5) is 0 Å². The predicted octanol–water partition coefficient (Wildman–Crippen LogP) is 2.00. The van der Waals surface area contributed by atoms with Gasteiger partial charge in [0.1, 0.15) is 18.8 Å². The molecule has 9 heteroatoms. The number of hydrogen-bond acceptors (Lipinski definition) is 9. The fourth-order valence-electron chi connectivity index (χ4n) is 2.75. The summed E-state index contributed by atoms with van der Waals surface area (Å²) in [7, 11) is 4.59. The maximum Gasteiger partial charge on any atom is 0.303 e. The highest BCUT2D eigenvalue weighted by Gasteiger charge is 2.31. The molecule has 0 aliphatic carbocycles. The zero-order valence-corrected chi connectivity index (χ0v) is 17.1. The maximum absolute atomic E-state index is 11.3. The Balaban J connectivity index is 2.08. The molecule has 1 aliphatic rings. The van der Waals surface area contributed by atoms with Crippen molar-refractivity contribution in [3.05, 3.63) is 29.8 Å². The minimum absolute atomic E-state index is 0.0678. The monoisotopic (exact) mass is 410 g/mol. The summed E-state index contributed by atoms with van der Waals surface area (Å²) in [5.74, 6) is 0.576. The van der Waals surface area contributed by atoms with Crippen LogP contribution < -0.4 is 14.2 Å². The Morgan fingerprint density at radius 2 is 1.62 bits per heavy atom. The average Bonchev–Trinajstić information content (AvgIpc) is 2.70. The van der Waals surface area contributed by atoms with Crippen molar-refractivity contribution in [2.75, 3.05) is 27.9 Å². The third-order valence-corrected chi connectivity index (χ3v) is 4.02. The van der Waals surface area contributed by atoms with Crippen LogP contribution in [0, 0.1) is 0 Å². The van der Waals surface area contributed by atoms with Crippen molar-refractivity contribution in [3.8, 4) is 17.2 Å². The molecule has 1 aliphatic heterocycles. The van der Waals surface area contributed by atoms with Crippen LogP contribution >= 0.6 is 0 Å². The van der Waals surface area contributed by atoms with Gasteiger partial charge < -0.3 is 33.2 Å². The molecule has 9 nitrogen and oxygen atoms in total. The summed E-state index contributed by atoms with van der Waals surface area (Å²) >= 11 is 0. The molecule has 1 aromatic rings. The third kappa shape index (κ3) is 6.37. The van der Waals surface area contributed by atoms with Crippen LogP contribution in [-0.4, -0.2) is 58.4 Å². The van der Waals surface area contributed by atoms with Crippen molar-refractivity contribution < 1.29 is 42.7 Å². The van der Waals surface area contributed by atoms with Gasteiger partial charge in [0.25, 0.3) is 0 Å². The molecule has 1 aromatic carbocycles. The van der Waals surface area contributed by atoms with Gasteiger partial charge in [0.05, 0.1) is 27.9 Å². The van der Waals surface area contributed by atoms with Crippen molar-refractivity contribution in [2.24, 2.45) is 0 Å². The molecule has 0 saturated carbocycles. The Morgan fingerprint density at radius 1 is 0.966 bits per heavy atom. The Kier molecular flexibility index (Phi) is 8.29. The second-order valence-electron chi connectivity index (χ2n) is 6.15. The molecule has 0 aromatic heterocycles. The minimum atomic E-state index is -0.721. The highest BCUT2D eigenvalue weighted by Crippen LogP contribution is 2.38. The van der Waals surface area contributed by atoms with Gasteiger partial charge in [-0.2, -0.15) is 0 Å². The van der Waals surface area contributed by atoms with E-state index in [9.17, 15) is 9.59 Å². The summed E-state index contributed by atoms with van der Waals surface area (Å²) in [6.45, 7) is 2.70. The van der Waals surface area contributed by atoms with E-state index in [1.165, 1.54) is 35.2 Å². The smallest absolute Gasteiger partial charge is 0.303 e. The quantitative estimate of drug-likeness (QED) is 0.447. The van der Waals surface area contributed by atoms with Crippen molar-refractivity contribution >= 4 is 11.9 Å². The van der Waals surface area contributed by atoms with Crippen molar-refractivity contribution in [1.82, 2.24) is 0 Å². The summed E-state index contributed by atoms with van der Waals surface area (Å²) in [6, 6.07) is 3.54. The summed E-state index contributed by atoms with van der Waals surface area (Å²) < 4.78 is 37.7. The topological polar surface area (TPSA) is 98.8 Å². The van der Waals surface area contributed by atoms with E-state index in [1.54, 1.807) is 24.3 Å². The van der Waals surface area contributed by atoms with Crippen LogP contribution in [0.25, 0.3) is 0 Å². The van der Waals surface area contributed by atoms with E-state index in [0.29, 0.717) is 17.2 Å². The summed E-state index contributed by atoms with van der Waals surface area (Å²) in [5, 5.41) is 0. The Hall–Kier alpha value is -2.78. The first-order valence-corrected chi connectivity index (χ1v) is 8.92. The van der Waals surface area contributed by atoms with Gasteiger partial charge in [-0.15, -0.1) is 0 Å². The SMILES string of the molecule is COc1cc(CO[C@@H]2C=C[C@H](OC(C)=O)[C@@H](COC(C)=O)O2)cc(OC)c1OC. The van der Waals surface area contributed by atoms with E-state index in [2.05, 4.69) is 0 Å². The molecule has 1 heterocycles. The largest absolute Gasteiger partial charge is 0.493 e. The number of carbonyl (C=O) groups excluding carboxylic acids is 2. The minimum Gasteiger partial charge on any atom is -0.493 e. The molecule has 0 spiro atoms. The van der Waals surface area contributed by atoms with Crippen LogP contribution in [0.15, 0.2) is 24.3 Å². The fraction of sp³-hybridized carbons (Fsp3) is 0.500. The molecule has 160 valence electrons. The normalized spacial score (nSPS) is 20.7. The van der Waals surface area contributed by atoms with Gasteiger partial charge in [-0.25, -0.2) is 0 Å². The number of hydrogen-bond donors (Lipinski definition) is 0. The molecule has 0 radical (unpaired) electrons. The molecule has 0 N–H and O–H groups in total. The van der Waals surface area contributed by atoms with Gasteiger partial charge in [0, 0.05) is 13.8 Å². The number of rotatable bonds is 9. The van der Waals surface area contributed by atoms with Crippen molar-refractivity contribution in [2.45, 2.75) is 39.0 Å². The second-order valence-corrected chi connectivity index (χ2v) is 6.15. The lowest BCUT2D eigenvalue weighted by Crippen LogP contribution is -2.42. The molecule has 0 amide bonds. The number of carbonyl (C=O) groups is 2. The maximum atomic E-state index is 11.3. The zero-order valence-electron chi connectivity index (χ0n) is 17.1. The van der Waals surface area contributed by atoms with E-state index in [4.69, 9.17) is 33.2 Å². The Labute approximate surface area is 169 Å². The lowest BCUT2D eigenvalue weighted by molar-refractivity contribution is -0.200. The summed E-state index contributed by atoms with van der Waals surface area (Å²) in [5.41, 5.74) is 0.773. The van der Waals surface area contributed by atoms with Crippen LogP contribution in [0.5, 0.6) is 17.2 Å². The number of ether oxygens (including phenoxy) is 7. The highest BCUT2D eigenvalue weighted by atomic mass is 16.7. The van der Waals surface area contributed by atoms with Crippen molar-refractivity contribution in [3.63, 3.8) is 0 Å². The molecule has 0 fully saturated rings.